The molecule has 4 rings (SSSR count). The van der Waals surface area contributed by atoms with E-state index in [2.05, 4.69) is 36.5 Å². The first-order valence-electron chi connectivity index (χ1n) is 8.58. The van der Waals surface area contributed by atoms with E-state index in [9.17, 15) is 0 Å². The highest BCUT2D eigenvalue weighted by Crippen LogP contribution is 2.48. The molecule has 108 valence electrons. The Kier molecular flexibility index (Phi) is 3.34. The van der Waals surface area contributed by atoms with Gasteiger partial charge in [-0.1, -0.05) is 36.2 Å². The monoisotopic (exact) mass is 269 g/mol. The largest absolute Gasteiger partial charge is 0.314 e. The van der Waals surface area contributed by atoms with E-state index in [1.165, 1.54) is 44.2 Å². The van der Waals surface area contributed by atoms with Crippen molar-refractivity contribution < 1.29 is 0 Å². The summed E-state index contributed by atoms with van der Waals surface area (Å²) in [4.78, 5) is 0. The van der Waals surface area contributed by atoms with Crippen molar-refractivity contribution in [1.82, 2.24) is 5.32 Å². The summed E-state index contributed by atoms with van der Waals surface area (Å²) < 4.78 is 0. The molecular weight excluding hydrogens is 242 g/mol. The summed E-state index contributed by atoms with van der Waals surface area (Å²) in [5.74, 6) is 3.98. The molecule has 3 aliphatic carbocycles. The third kappa shape index (κ3) is 2.41. The first kappa shape index (κ1) is 12.9. The van der Waals surface area contributed by atoms with Crippen LogP contribution in [0.25, 0.3) is 0 Å². The lowest BCUT2D eigenvalue weighted by molar-refractivity contribution is 0.247. The third-order valence-corrected chi connectivity index (χ3v) is 6.20. The Hall–Kier alpha value is -0.820. The van der Waals surface area contributed by atoms with Crippen molar-refractivity contribution in [3.63, 3.8) is 0 Å². The molecule has 3 atom stereocenters. The van der Waals surface area contributed by atoms with Crippen LogP contribution in [0.2, 0.25) is 0 Å². The van der Waals surface area contributed by atoms with Crippen LogP contribution in [-0.4, -0.2) is 12.6 Å². The number of hydrogen-bond donors (Lipinski definition) is 1. The van der Waals surface area contributed by atoms with Crippen LogP contribution in [0.3, 0.4) is 0 Å². The van der Waals surface area contributed by atoms with E-state index in [-0.39, 0.29) is 0 Å². The summed E-state index contributed by atoms with van der Waals surface area (Å²) >= 11 is 0. The number of nitrogens with one attached hydrogen (secondary N) is 1. The lowest BCUT2D eigenvalue weighted by Gasteiger charge is -2.38. The maximum atomic E-state index is 3.86. The quantitative estimate of drug-likeness (QED) is 0.861. The Labute approximate surface area is 123 Å². The highest BCUT2D eigenvalue weighted by Gasteiger charge is 2.40. The molecule has 0 amide bonds. The van der Waals surface area contributed by atoms with Crippen molar-refractivity contribution in [2.75, 3.05) is 6.54 Å². The number of benzene rings is 1. The summed E-state index contributed by atoms with van der Waals surface area (Å²) in [6.07, 6.45) is 8.82. The maximum Gasteiger partial charge on any atom is 0.00788 e. The molecule has 0 aromatic heterocycles. The van der Waals surface area contributed by atoms with Crippen molar-refractivity contribution in [2.24, 2.45) is 17.8 Å². The van der Waals surface area contributed by atoms with Gasteiger partial charge in [-0.15, -0.1) is 0 Å². The first-order chi connectivity index (χ1) is 9.78. The summed E-state index contributed by atoms with van der Waals surface area (Å²) in [6.45, 7) is 3.50. The van der Waals surface area contributed by atoms with Gasteiger partial charge >= 0.3 is 0 Å². The second-order valence-corrected chi connectivity index (χ2v) is 7.62. The predicted octanol–water partition coefficient (Wildman–Crippen LogP) is 4.27. The third-order valence-electron chi connectivity index (χ3n) is 6.20. The van der Waals surface area contributed by atoms with Gasteiger partial charge in [0.1, 0.15) is 0 Å². The van der Waals surface area contributed by atoms with E-state index in [1.54, 1.807) is 12.0 Å². The molecule has 0 aliphatic heterocycles. The maximum absolute atomic E-state index is 3.86. The van der Waals surface area contributed by atoms with Crippen molar-refractivity contribution in [3.8, 4) is 0 Å². The van der Waals surface area contributed by atoms with Gasteiger partial charge in [0.05, 0.1) is 0 Å². The smallest absolute Gasteiger partial charge is 0.00788 e. The van der Waals surface area contributed by atoms with E-state index < -0.39 is 0 Å². The van der Waals surface area contributed by atoms with Gasteiger partial charge < -0.3 is 5.32 Å². The van der Waals surface area contributed by atoms with Crippen molar-refractivity contribution in [1.29, 1.82) is 0 Å². The lowest BCUT2D eigenvalue weighted by Crippen LogP contribution is -2.42. The van der Waals surface area contributed by atoms with Gasteiger partial charge in [-0.05, 0) is 74.8 Å². The molecule has 0 radical (unpaired) electrons. The average Bonchev–Trinajstić information content (AvgIpc) is 2.99. The lowest BCUT2D eigenvalue weighted by atomic mass is 9.75. The number of rotatable bonds is 4. The first-order valence-corrected chi connectivity index (χ1v) is 8.58. The van der Waals surface area contributed by atoms with Crippen LogP contribution in [0.5, 0.6) is 0 Å². The number of hydrogen-bond acceptors (Lipinski definition) is 1. The van der Waals surface area contributed by atoms with Crippen LogP contribution in [0.4, 0.5) is 0 Å². The minimum absolute atomic E-state index is 0.791. The normalized spacial score (nSPS) is 39.0. The number of fused-ring (bicyclic) bond motifs is 2. The molecule has 3 fully saturated rings. The molecule has 3 saturated carbocycles. The Morgan fingerprint density at radius 1 is 1.10 bits per heavy atom. The zero-order chi connectivity index (χ0) is 13.5. The van der Waals surface area contributed by atoms with Crippen LogP contribution in [0, 0.1) is 24.7 Å². The molecule has 3 aliphatic rings. The molecule has 0 spiro atoms. The van der Waals surface area contributed by atoms with E-state index in [1.807, 2.05) is 0 Å². The molecule has 20 heavy (non-hydrogen) atoms. The molecule has 0 heterocycles. The Bertz CT molecular complexity index is 474. The van der Waals surface area contributed by atoms with Gasteiger partial charge in [0.25, 0.3) is 0 Å². The SMILES string of the molecule is Cc1cccc(C2CC(NCC3CC4CCC3C4)C2)c1. The summed E-state index contributed by atoms with van der Waals surface area (Å²) in [7, 11) is 0. The molecule has 1 N–H and O–H groups in total. The summed E-state index contributed by atoms with van der Waals surface area (Å²) in [5.41, 5.74) is 2.96. The van der Waals surface area contributed by atoms with Gasteiger partial charge in [-0.25, -0.2) is 0 Å². The zero-order valence-corrected chi connectivity index (χ0v) is 12.6. The van der Waals surface area contributed by atoms with Gasteiger partial charge in [-0.3, -0.25) is 0 Å². The predicted molar refractivity (Wildman–Crippen MR) is 83.9 cm³/mol. The highest BCUT2D eigenvalue weighted by atomic mass is 14.9. The fourth-order valence-electron chi connectivity index (χ4n) is 4.93. The van der Waals surface area contributed by atoms with Crippen molar-refractivity contribution in [2.45, 2.75) is 57.4 Å². The molecule has 1 aromatic rings. The Morgan fingerprint density at radius 3 is 2.70 bits per heavy atom. The van der Waals surface area contributed by atoms with Crippen LogP contribution < -0.4 is 5.32 Å². The van der Waals surface area contributed by atoms with Crippen LogP contribution in [0.1, 0.15) is 55.6 Å². The van der Waals surface area contributed by atoms with Gasteiger partial charge in [0, 0.05) is 6.04 Å². The summed E-state index contributed by atoms with van der Waals surface area (Å²) in [5, 5.41) is 3.86. The minimum atomic E-state index is 0.791. The second kappa shape index (κ2) is 5.18. The fraction of sp³-hybridized carbons (Fsp3) is 0.684. The zero-order valence-electron chi connectivity index (χ0n) is 12.6. The molecule has 2 bridgehead atoms. The van der Waals surface area contributed by atoms with E-state index in [0.717, 1.165) is 29.7 Å². The topological polar surface area (TPSA) is 12.0 Å². The molecule has 0 saturated heterocycles. The molecule has 3 unspecified atom stereocenters. The van der Waals surface area contributed by atoms with Crippen LogP contribution in [0.15, 0.2) is 24.3 Å². The molecular formula is C19H27N. The molecule has 1 nitrogen and oxygen atoms in total. The van der Waals surface area contributed by atoms with E-state index in [0.29, 0.717) is 0 Å². The second-order valence-electron chi connectivity index (χ2n) is 7.62. The van der Waals surface area contributed by atoms with Crippen LogP contribution >= 0.6 is 0 Å². The Morgan fingerprint density at radius 2 is 2.00 bits per heavy atom. The van der Waals surface area contributed by atoms with Gasteiger partial charge in [0.2, 0.25) is 0 Å². The van der Waals surface area contributed by atoms with Crippen LogP contribution in [-0.2, 0) is 0 Å². The number of aryl methyl sites for hydroxylation is 1. The highest BCUT2D eigenvalue weighted by molar-refractivity contribution is 5.27. The fourth-order valence-corrected chi connectivity index (χ4v) is 4.93. The van der Waals surface area contributed by atoms with Gasteiger partial charge in [-0.2, -0.15) is 0 Å². The van der Waals surface area contributed by atoms with E-state index in [4.69, 9.17) is 0 Å². The van der Waals surface area contributed by atoms with Gasteiger partial charge in [0.15, 0.2) is 0 Å². The molecule has 1 aromatic carbocycles. The average molecular weight is 269 g/mol. The van der Waals surface area contributed by atoms with Crippen molar-refractivity contribution >= 4 is 0 Å². The van der Waals surface area contributed by atoms with E-state index >= 15 is 0 Å². The standard InChI is InChI=1S/C19H27N/c1-13-3-2-4-15(7-13)17-10-19(11-17)20-12-18-9-14-5-6-16(18)8-14/h2-4,7,14,16-20H,5-6,8-12H2,1H3. The molecule has 1 heteroatoms. The Balaban J connectivity index is 1.24. The van der Waals surface area contributed by atoms with Crippen molar-refractivity contribution in [3.05, 3.63) is 35.4 Å². The summed E-state index contributed by atoms with van der Waals surface area (Å²) in [6, 6.07) is 9.88. The minimum Gasteiger partial charge on any atom is -0.314 e.